The van der Waals surface area contributed by atoms with Crippen LogP contribution >= 0.6 is 27.5 Å². The first-order valence-corrected chi connectivity index (χ1v) is 13.6. The summed E-state index contributed by atoms with van der Waals surface area (Å²) < 4.78 is 11.8. The molecule has 11 heteroatoms. The molecule has 0 fully saturated rings. The van der Waals surface area contributed by atoms with Crippen molar-refractivity contribution in [3.05, 3.63) is 103 Å². The van der Waals surface area contributed by atoms with E-state index in [0.717, 1.165) is 4.47 Å². The minimum absolute atomic E-state index is 0.00971. The largest absolute Gasteiger partial charge is 0.488 e. The van der Waals surface area contributed by atoms with E-state index in [-0.39, 0.29) is 42.0 Å². The number of nitrogens with zero attached hydrogens (tertiary/aromatic N) is 1. The zero-order valence-corrected chi connectivity index (χ0v) is 24.5. The first-order chi connectivity index (χ1) is 19.0. The molecule has 0 saturated heterocycles. The number of ketones is 1. The van der Waals surface area contributed by atoms with Crippen molar-refractivity contribution in [3.8, 4) is 5.75 Å². The molecular formula is C29H28BrClN2O7. The number of hydrogen-bond acceptors (Lipinski definition) is 7. The molecule has 40 heavy (non-hydrogen) atoms. The van der Waals surface area contributed by atoms with Crippen LogP contribution in [-0.4, -0.2) is 35.8 Å². The second-order valence-corrected chi connectivity index (χ2v) is 10.5. The Bertz CT molecular complexity index is 1370. The summed E-state index contributed by atoms with van der Waals surface area (Å²) in [7, 11) is 0. The van der Waals surface area contributed by atoms with Gasteiger partial charge in [-0.3, -0.25) is 19.7 Å². The lowest BCUT2D eigenvalue weighted by Gasteiger charge is -2.17. The Balaban J connectivity index is 1.52. The third-order valence-electron chi connectivity index (χ3n) is 6.08. The van der Waals surface area contributed by atoms with Crippen LogP contribution in [0.15, 0.2) is 65.1 Å². The standard InChI is InChI=1S/C29H28BrClN2O7/c1-17(15-26(34)32-19(3)20-6-10-24(11-7-20)33(37)38)27(35)22-14-18(2)28(25(31)16-22)39-12-13-40-29(36)21-4-8-23(30)9-5-21/h4-11,14,16-17,19H,12-13,15H2,1-3H3,(H,32,34)/t17-,19+/m1/s1. The van der Waals surface area contributed by atoms with Crippen LogP contribution in [0, 0.1) is 23.0 Å². The summed E-state index contributed by atoms with van der Waals surface area (Å²) in [6.07, 6.45) is -0.0468. The highest BCUT2D eigenvalue weighted by Crippen LogP contribution is 2.31. The number of Topliss-reactive ketones (excluding diaryl/α,β-unsaturated/α-hetero) is 1. The first-order valence-electron chi connectivity index (χ1n) is 12.4. The van der Waals surface area contributed by atoms with Gasteiger partial charge in [-0.1, -0.05) is 46.6 Å². The normalized spacial score (nSPS) is 12.2. The van der Waals surface area contributed by atoms with E-state index in [4.69, 9.17) is 21.1 Å². The first kappa shape index (κ1) is 30.8. The van der Waals surface area contributed by atoms with E-state index in [2.05, 4.69) is 21.2 Å². The molecule has 3 aromatic carbocycles. The minimum atomic E-state index is -0.621. The number of aryl methyl sites for hydroxylation is 1. The lowest BCUT2D eigenvalue weighted by atomic mass is 9.94. The molecule has 0 unspecified atom stereocenters. The third kappa shape index (κ3) is 8.37. The Labute approximate surface area is 245 Å². The minimum Gasteiger partial charge on any atom is -0.488 e. The zero-order valence-electron chi connectivity index (χ0n) is 22.1. The van der Waals surface area contributed by atoms with Crippen LogP contribution in [0.5, 0.6) is 5.75 Å². The Morgan fingerprint density at radius 2 is 1.65 bits per heavy atom. The summed E-state index contributed by atoms with van der Waals surface area (Å²) in [5.74, 6) is -1.30. The summed E-state index contributed by atoms with van der Waals surface area (Å²) in [6.45, 7) is 5.24. The highest BCUT2D eigenvalue weighted by molar-refractivity contribution is 9.10. The molecule has 1 N–H and O–H groups in total. The number of nitro groups is 1. The van der Waals surface area contributed by atoms with E-state index in [1.54, 1.807) is 63.2 Å². The van der Waals surface area contributed by atoms with Crippen molar-refractivity contribution in [3.63, 3.8) is 0 Å². The van der Waals surface area contributed by atoms with Crippen molar-refractivity contribution in [1.82, 2.24) is 5.32 Å². The molecule has 0 saturated carbocycles. The van der Waals surface area contributed by atoms with Crippen molar-refractivity contribution in [2.75, 3.05) is 13.2 Å². The van der Waals surface area contributed by atoms with Gasteiger partial charge in [0.25, 0.3) is 5.69 Å². The van der Waals surface area contributed by atoms with Gasteiger partial charge in [0.1, 0.15) is 19.0 Å². The molecule has 0 aromatic heterocycles. The van der Waals surface area contributed by atoms with E-state index < -0.39 is 22.9 Å². The summed E-state index contributed by atoms with van der Waals surface area (Å²) >= 11 is 9.71. The maximum Gasteiger partial charge on any atom is 0.338 e. The number of hydrogen-bond donors (Lipinski definition) is 1. The van der Waals surface area contributed by atoms with Crippen molar-refractivity contribution < 1.29 is 28.8 Å². The smallest absolute Gasteiger partial charge is 0.338 e. The predicted octanol–water partition coefficient (Wildman–Crippen LogP) is 6.64. The topological polar surface area (TPSA) is 125 Å². The van der Waals surface area contributed by atoms with Gasteiger partial charge >= 0.3 is 5.97 Å². The zero-order chi connectivity index (χ0) is 29.4. The average Bonchev–Trinajstić information content (AvgIpc) is 2.91. The lowest BCUT2D eigenvalue weighted by Crippen LogP contribution is -2.29. The van der Waals surface area contributed by atoms with Crippen molar-refractivity contribution >= 4 is 50.9 Å². The molecule has 0 aliphatic rings. The molecule has 0 radical (unpaired) electrons. The summed E-state index contributed by atoms with van der Waals surface area (Å²) in [5, 5.41) is 13.9. The van der Waals surface area contributed by atoms with Crippen molar-refractivity contribution in [2.45, 2.75) is 33.2 Å². The highest BCUT2D eigenvalue weighted by atomic mass is 79.9. The van der Waals surface area contributed by atoms with Crippen LogP contribution in [0.1, 0.15) is 58.2 Å². The molecule has 1 amide bonds. The van der Waals surface area contributed by atoms with Crippen LogP contribution in [0.4, 0.5) is 5.69 Å². The highest BCUT2D eigenvalue weighted by Gasteiger charge is 2.22. The monoisotopic (exact) mass is 630 g/mol. The van der Waals surface area contributed by atoms with Crippen LogP contribution in [-0.2, 0) is 9.53 Å². The molecule has 9 nitrogen and oxygen atoms in total. The molecule has 0 bridgehead atoms. The number of nitrogens with one attached hydrogen (secondary N) is 1. The van der Waals surface area contributed by atoms with Crippen molar-refractivity contribution in [2.24, 2.45) is 5.92 Å². The Kier molecular flexibility index (Phi) is 10.8. The molecule has 0 aliphatic carbocycles. The molecule has 0 spiro atoms. The fourth-order valence-electron chi connectivity index (χ4n) is 3.93. The fraction of sp³-hybridized carbons (Fsp3) is 0.276. The molecule has 0 aliphatic heterocycles. The van der Waals surface area contributed by atoms with Gasteiger partial charge in [-0.15, -0.1) is 0 Å². The van der Waals surface area contributed by atoms with Crippen LogP contribution < -0.4 is 10.1 Å². The maximum atomic E-state index is 13.0. The van der Waals surface area contributed by atoms with Gasteiger partial charge in [0, 0.05) is 34.5 Å². The number of ether oxygens (including phenoxy) is 2. The molecule has 2 atom stereocenters. The fourth-order valence-corrected chi connectivity index (χ4v) is 4.51. The van der Waals surface area contributed by atoms with Crippen LogP contribution in [0.25, 0.3) is 0 Å². The number of nitro benzene ring substituents is 1. The Hall–Kier alpha value is -3.76. The Morgan fingerprint density at radius 3 is 2.25 bits per heavy atom. The SMILES string of the molecule is Cc1cc(C(=O)[C@H](C)CC(=O)N[C@@H](C)c2ccc([N+](=O)[O-])cc2)cc(Cl)c1OCCOC(=O)c1ccc(Br)cc1. The number of amides is 1. The van der Waals surface area contributed by atoms with Gasteiger partial charge in [-0.2, -0.15) is 0 Å². The number of halogens is 2. The predicted molar refractivity (Wildman–Crippen MR) is 154 cm³/mol. The quantitative estimate of drug-likeness (QED) is 0.0781. The summed E-state index contributed by atoms with van der Waals surface area (Å²) in [5.41, 5.74) is 2.06. The molecule has 3 rings (SSSR count). The van der Waals surface area contributed by atoms with Crippen molar-refractivity contribution in [1.29, 1.82) is 0 Å². The van der Waals surface area contributed by atoms with Gasteiger partial charge < -0.3 is 14.8 Å². The molecule has 0 heterocycles. The number of carbonyl (C=O) groups excluding carboxylic acids is 3. The second kappa shape index (κ2) is 14.0. The van der Waals surface area contributed by atoms with Gasteiger partial charge in [-0.25, -0.2) is 4.79 Å². The third-order valence-corrected chi connectivity index (χ3v) is 6.89. The lowest BCUT2D eigenvalue weighted by molar-refractivity contribution is -0.384. The van der Waals surface area contributed by atoms with Gasteiger partial charge in [-0.05, 0) is 61.4 Å². The van der Waals surface area contributed by atoms with E-state index in [0.29, 0.717) is 28.0 Å². The second-order valence-electron chi connectivity index (χ2n) is 9.20. The van der Waals surface area contributed by atoms with Gasteiger partial charge in [0.2, 0.25) is 5.91 Å². The Morgan fingerprint density at radius 1 is 1.00 bits per heavy atom. The summed E-state index contributed by atoms with van der Waals surface area (Å²) in [4.78, 5) is 48.1. The van der Waals surface area contributed by atoms with Gasteiger partial charge in [0.15, 0.2) is 5.78 Å². The van der Waals surface area contributed by atoms with Gasteiger partial charge in [0.05, 0.1) is 21.6 Å². The number of esters is 1. The number of benzene rings is 3. The maximum absolute atomic E-state index is 13.0. The van der Waals surface area contributed by atoms with E-state index in [1.165, 1.54) is 18.2 Å². The molecule has 3 aromatic rings. The number of non-ortho nitro benzene ring substituents is 1. The summed E-state index contributed by atoms with van der Waals surface area (Å²) in [6, 6.07) is 15.4. The van der Waals surface area contributed by atoms with E-state index >= 15 is 0 Å². The van der Waals surface area contributed by atoms with E-state index in [9.17, 15) is 24.5 Å². The van der Waals surface area contributed by atoms with Crippen LogP contribution in [0.3, 0.4) is 0 Å². The average molecular weight is 632 g/mol. The van der Waals surface area contributed by atoms with Crippen LogP contribution in [0.2, 0.25) is 5.02 Å². The number of rotatable bonds is 12. The molecule has 210 valence electrons. The number of carbonyl (C=O) groups is 3. The molecular weight excluding hydrogens is 604 g/mol. The van der Waals surface area contributed by atoms with E-state index in [1.807, 2.05) is 0 Å².